The van der Waals surface area contributed by atoms with Gasteiger partial charge in [-0.1, -0.05) is 158 Å². The molecule has 0 fully saturated rings. The van der Waals surface area contributed by atoms with Crippen LogP contribution < -0.4 is 20.4 Å². The molecule has 4 unspecified atom stereocenters. The van der Waals surface area contributed by atoms with E-state index in [1.54, 1.807) is 27.7 Å². The summed E-state index contributed by atoms with van der Waals surface area (Å²) in [5, 5.41) is 41.6. The van der Waals surface area contributed by atoms with Gasteiger partial charge in [0.05, 0.1) is 0 Å². The molecule has 0 aromatic heterocycles. The molecule has 0 amide bonds. The van der Waals surface area contributed by atoms with Gasteiger partial charge in [0.2, 0.25) is 0 Å². The van der Waals surface area contributed by atoms with Crippen molar-refractivity contribution in [3.63, 3.8) is 0 Å². The Morgan fingerprint density at radius 1 is 0.364 bits per heavy atom. The maximum Gasteiger partial charge on any atom is 4.00 e. The zero-order valence-electron chi connectivity index (χ0n) is 23.8. The first-order chi connectivity index (χ1) is 15.1. The van der Waals surface area contributed by atoms with Crippen molar-refractivity contribution in [2.24, 2.45) is 0 Å². The van der Waals surface area contributed by atoms with Gasteiger partial charge >= 0.3 is 26.2 Å². The quantitative estimate of drug-likeness (QED) is 0.245. The monoisotopic (exact) mass is 550 g/mol. The molecule has 0 saturated carbocycles. The molecule has 0 spiro atoms. The summed E-state index contributed by atoms with van der Waals surface area (Å²) in [5.41, 5.74) is 0. The fraction of sp³-hybridized carbons (Fsp3) is 1.00. The van der Waals surface area contributed by atoms with Crippen LogP contribution in [0.4, 0.5) is 0 Å². The molecule has 0 saturated heterocycles. The van der Waals surface area contributed by atoms with E-state index in [1.807, 2.05) is 0 Å². The zero-order valence-corrected chi connectivity index (χ0v) is 26.2. The number of unbranched alkanes of at least 4 members (excludes halogenated alkanes) is 8. The van der Waals surface area contributed by atoms with Gasteiger partial charge in [-0.05, 0) is 0 Å². The Morgan fingerprint density at radius 3 is 0.606 bits per heavy atom. The SMILES string of the molecule is CCCCCC(C)[O-].CCCCCC(C)[O-].CCCCCC(C)[O-].CCCCCC(C)[O-].[Zr+4]. The van der Waals surface area contributed by atoms with E-state index in [0.29, 0.717) is 0 Å². The summed E-state index contributed by atoms with van der Waals surface area (Å²) in [6, 6.07) is 0. The molecule has 0 bridgehead atoms. The van der Waals surface area contributed by atoms with Crippen molar-refractivity contribution in [1.82, 2.24) is 0 Å². The van der Waals surface area contributed by atoms with Crippen molar-refractivity contribution in [3.05, 3.63) is 0 Å². The molecule has 0 aliphatic heterocycles. The fourth-order valence-corrected chi connectivity index (χ4v) is 2.73. The van der Waals surface area contributed by atoms with E-state index in [4.69, 9.17) is 0 Å². The summed E-state index contributed by atoms with van der Waals surface area (Å²) in [7, 11) is 0. The Balaban J connectivity index is -0.000000105. The molecule has 4 nitrogen and oxygen atoms in total. The molecule has 0 rings (SSSR count). The Kier molecular flexibility index (Phi) is 52.9. The van der Waals surface area contributed by atoms with Crippen molar-refractivity contribution in [2.75, 3.05) is 0 Å². The fourth-order valence-electron chi connectivity index (χ4n) is 2.73. The van der Waals surface area contributed by atoms with Crippen LogP contribution in [0.2, 0.25) is 0 Å². The number of hydrogen-bond acceptors (Lipinski definition) is 4. The van der Waals surface area contributed by atoms with Gasteiger partial charge in [0.15, 0.2) is 0 Å². The van der Waals surface area contributed by atoms with Gasteiger partial charge in [-0.3, -0.25) is 0 Å². The van der Waals surface area contributed by atoms with E-state index in [-0.39, 0.29) is 50.6 Å². The van der Waals surface area contributed by atoms with Gasteiger partial charge in [0.25, 0.3) is 0 Å². The normalized spacial score (nSPS) is 13.5. The van der Waals surface area contributed by atoms with E-state index in [9.17, 15) is 20.4 Å². The molecule has 4 atom stereocenters. The largest absolute Gasteiger partial charge is 4.00 e. The first-order valence-corrected chi connectivity index (χ1v) is 13.7. The third-order valence-electron chi connectivity index (χ3n) is 4.86. The van der Waals surface area contributed by atoms with Crippen LogP contribution in [0.3, 0.4) is 0 Å². The second-order valence-electron chi connectivity index (χ2n) is 9.23. The third kappa shape index (κ3) is 71.9. The summed E-state index contributed by atoms with van der Waals surface area (Å²) in [6.45, 7) is 15.5. The van der Waals surface area contributed by atoms with E-state index < -0.39 is 0 Å². The van der Waals surface area contributed by atoms with Crippen molar-refractivity contribution >= 4 is 0 Å². The average molecular weight is 552 g/mol. The minimum absolute atomic E-state index is 0. The van der Waals surface area contributed by atoms with E-state index >= 15 is 0 Å². The Bertz CT molecular complexity index is 229. The average Bonchev–Trinajstić information content (AvgIpc) is 2.69. The van der Waals surface area contributed by atoms with Gasteiger partial charge in [-0.15, -0.1) is 24.4 Å². The molecule has 33 heavy (non-hydrogen) atoms. The van der Waals surface area contributed by atoms with E-state index in [2.05, 4.69) is 27.7 Å². The second kappa shape index (κ2) is 39.9. The molecule has 200 valence electrons. The molecule has 0 aliphatic rings. The van der Waals surface area contributed by atoms with Crippen LogP contribution in [0, 0.1) is 0 Å². The Hall–Kier alpha value is 0.723. The maximum absolute atomic E-state index is 10.4. The maximum atomic E-state index is 10.4. The summed E-state index contributed by atoms with van der Waals surface area (Å²) in [6.07, 6.45) is 16.2. The third-order valence-corrected chi connectivity index (χ3v) is 4.86. The van der Waals surface area contributed by atoms with Crippen molar-refractivity contribution < 1.29 is 46.6 Å². The summed E-state index contributed by atoms with van der Waals surface area (Å²) in [4.78, 5) is 0. The van der Waals surface area contributed by atoms with Crippen LogP contribution in [0.25, 0.3) is 0 Å². The minimum Gasteiger partial charge on any atom is -0.852 e. The molecule has 0 aromatic rings. The standard InChI is InChI=1S/4C7H15O.Zr/c4*1-3-4-5-6-7(2)8;/h4*7H,3-6H2,1-2H3;/q4*-1;+4. The van der Waals surface area contributed by atoms with Gasteiger partial charge in [0, 0.05) is 0 Å². The number of hydrogen-bond donors (Lipinski definition) is 0. The first-order valence-electron chi connectivity index (χ1n) is 13.7. The van der Waals surface area contributed by atoms with Crippen molar-refractivity contribution in [1.29, 1.82) is 0 Å². The van der Waals surface area contributed by atoms with E-state index in [1.165, 1.54) is 51.4 Å². The summed E-state index contributed by atoms with van der Waals surface area (Å²) >= 11 is 0. The summed E-state index contributed by atoms with van der Waals surface area (Å²) < 4.78 is 0. The Morgan fingerprint density at radius 2 is 0.515 bits per heavy atom. The molecule has 0 aliphatic carbocycles. The summed E-state index contributed by atoms with van der Waals surface area (Å²) in [5.74, 6) is 0. The first kappa shape index (κ1) is 43.8. The van der Waals surface area contributed by atoms with E-state index in [0.717, 1.165) is 51.4 Å². The van der Waals surface area contributed by atoms with Crippen LogP contribution in [0.1, 0.15) is 158 Å². The molecule has 0 radical (unpaired) electrons. The predicted molar refractivity (Wildman–Crippen MR) is 134 cm³/mol. The molecule has 0 heterocycles. The van der Waals surface area contributed by atoms with Gasteiger partial charge in [0.1, 0.15) is 0 Å². The molecular formula is C28H60O4Zr. The molecule has 5 heteroatoms. The molecular weight excluding hydrogens is 492 g/mol. The van der Waals surface area contributed by atoms with Crippen LogP contribution in [0.15, 0.2) is 0 Å². The Labute approximate surface area is 228 Å². The van der Waals surface area contributed by atoms with Crippen LogP contribution in [0.5, 0.6) is 0 Å². The predicted octanol–water partition coefficient (Wildman–Crippen LogP) is 5.26. The van der Waals surface area contributed by atoms with Crippen molar-refractivity contribution in [3.8, 4) is 0 Å². The van der Waals surface area contributed by atoms with Crippen LogP contribution in [-0.2, 0) is 26.2 Å². The van der Waals surface area contributed by atoms with Gasteiger partial charge < -0.3 is 20.4 Å². The van der Waals surface area contributed by atoms with Gasteiger partial charge in [-0.2, -0.15) is 0 Å². The van der Waals surface area contributed by atoms with Gasteiger partial charge in [-0.25, -0.2) is 0 Å². The molecule has 0 aromatic carbocycles. The minimum atomic E-state index is -0.346. The van der Waals surface area contributed by atoms with Crippen molar-refractivity contribution in [2.45, 2.75) is 183 Å². The second-order valence-corrected chi connectivity index (χ2v) is 9.23. The number of rotatable bonds is 16. The molecule has 0 N–H and O–H groups in total. The zero-order chi connectivity index (χ0) is 25.6. The van der Waals surface area contributed by atoms with Crippen LogP contribution in [-0.4, -0.2) is 24.4 Å². The van der Waals surface area contributed by atoms with Crippen LogP contribution >= 0.6 is 0 Å². The topological polar surface area (TPSA) is 92.2 Å². The smallest absolute Gasteiger partial charge is 0.852 e.